The lowest BCUT2D eigenvalue weighted by molar-refractivity contribution is 0.189. The lowest BCUT2D eigenvalue weighted by Crippen LogP contribution is -2.10. The first-order valence-electron chi connectivity index (χ1n) is 9.39. The predicted octanol–water partition coefficient (Wildman–Crippen LogP) is 2.62. The molecule has 0 spiro atoms. The predicted molar refractivity (Wildman–Crippen MR) is 109 cm³/mol. The number of hydrogen-bond donors (Lipinski definition) is 2. The monoisotopic (exact) mass is 382 g/mol. The van der Waals surface area contributed by atoms with Crippen LogP contribution in [0.3, 0.4) is 0 Å². The molecule has 0 unspecified atom stereocenters. The van der Waals surface area contributed by atoms with Gasteiger partial charge in [-0.1, -0.05) is 6.92 Å². The highest BCUT2D eigenvalue weighted by molar-refractivity contribution is 5.80. The van der Waals surface area contributed by atoms with Crippen molar-refractivity contribution < 1.29 is 4.74 Å². The highest BCUT2D eigenvalue weighted by atomic mass is 16.5. The van der Waals surface area contributed by atoms with Gasteiger partial charge in [-0.3, -0.25) is 4.68 Å². The molecule has 3 aromatic heterocycles. The van der Waals surface area contributed by atoms with Gasteiger partial charge >= 0.3 is 0 Å². The van der Waals surface area contributed by atoms with E-state index >= 15 is 0 Å². The van der Waals surface area contributed by atoms with Crippen LogP contribution < -0.4 is 11.1 Å². The Hall–Kier alpha value is -3.12. The van der Waals surface area contributed by atoms with Crippen molar-refractivity contribution in [3.63, 3.8) is 0 Å². The number of fused-ring (bicyclic) bond motifs is 1. The minimum atomic E-state index is 0.294. The number of aryl methyl sites for hydroxylation is 3. The summed E-state index contributed by atoms with van der Waals surface area (Å²) in [5, 5.41) is 12.2. The first kappa shape index (κ1) is 19.6. The summed E-state index contributed by atoms with van der Waals surface area (Å²) < 4.78 is 8.55. The van der Waals surface area contributed by atoms with E-state index < -0.39 is 0 Å². The molecule has 0 aliphatic rings. The molecule has 3 aromatic rings. The van der Waals surface area contributed by atoms with Crippen molar-refractivity contribution >= 4 is 23.0 Å². The molecule has 9 nitrogen and oxygen atoms in total. The molecule has 28 heavy (non-hydrogen) atoms. The topological polar surface area (TPSA) is 99.6 Å². The summed E-state index contributed by atoms with van der Waals surface area (Å²) >= 11 is 0. The van der Waals surface area contributed by atoms with Crippen molar-refractivity contribution in [1.29, 1.82) is 0 Å². The summed E-state index contributed by atoms with van der Waals surface area (Å²) in [4.78, 5) is 8.20. The molecule has 0 bridgehead atoms. The van der Waals surface area contributed by atoms with Crippen LogP contribution in [-0.4, -0.2) is 44.6 Å². The summed E-state index contributed by atoms with van der Waals surface area (Å²) in [6.07, 6.45) is 4.43. The number of nitrogens with zero attached hydrogens (tertiary/aromatic N) is 6. The highest BCUT2D eigenvalue weighted by Gasteiger charge is 2.18. The van der Waals surface area contributed by atoms with Gasteiger partial charge in [0.25, 0.3) is 5.69 Å². The molecule has 0 atom stereocenters. The van der Waals surface area contributed by atoms with Crippen LogP contribution >= 0.6 is 0 Å². The van der Waals surface area contributed by atoms with Crippen molar-refractivity contribution in [1.82, 2.24) is 24.4 Å². The van der Waals surface area contributed by atoms with E-state index in [-0.39, 0.29) is 0 Å². The Labute approximate surface area is 164 Å². The van der Waals surface area contributed by atoms with Crippen molar-refractivity contribution in [3.8, 4) is 0 Å². The van der Waals surface area contributed by atoms with E-state index in [4.69, 9.17) is 17.0 Å². The van der Waals surface area contributed by atoms with E-state index in [0.717, 1.165) is 49.4 Å². The third-order valence-electron chi connectivity index (χ3n) is 4.64. The number of hydrogen-bond acceptors (Lipinski definition) is 6. The summed E-state index contributed by atoms with van der Waals surface area (Å²) in [6, 6.07) is 2.00. The molecular formula is C19H26N8O. The lowest BCUT2D eigenvalue weighted by Gasteiger charge is -2.10. The Morgan fingerprint density at radius 2 is 2.18 bits per heavy atom. The zero-order valence-corrected chi connectivity index (χ0v) is 16.6. The molecule has 3 heterocycles. The molecule has 3 N–H and O–H groups in total. The highest BCUT2D eigenvalue weighted by Crippen LogP contribution is 2.32. The molecule has 0 saturated heterocycles. The fourth-order valence-corrected chi connectivity index (χ4v) is 3.20. The molecular weight excluding hydrogens is 356 g/mol. The van der Waals surface area contributed by atoms with Crippen LogP contribution in [-0.2, 0) is 24.1 Å². The number of methoxy groups -OCH3 is 1. The van der Waals surface area contributed by atoms with E-state index in [1.807, 2.05) is 23.9 Å². The van der Waals surface area contributed by atoms with E-state index in [2.05, 4.69) is 32.3 Å². The van der Waals surface area contributed by atoms with Crippen LogP contribution in [0.5, 0.6) is 0 Å². The first-order chi connectivity index (χ1) is 13.6. The molecule has 0 aromatic carbocycles. The van der Waals surface area contributed by atoms with Gasteiger partial charge < -0.3 is 15.8 Å². The Bertz CT molecular complexity index is 998. The van der Waals surface area contributed by atoms with Gasteiger partial charge in [0.05, 0.1) is 18.0 Å². The maximum Gasteiger partial charge on any atom is 0.268 e. The minimum Gasteiger partial charge on any atom is -0.392 e. The zero-order valence-electron chi connectivity index (χ0n) is 16.6. The normalized spacial score (nSPS) is 11.1. The summed E-state index contributed by atoms with van der Waals surface area (Å²) in [6.45, 7) is 13.6. The number of rotatable bonds is 9. The SMILES string of the molecule is [C-]#[N+]c1c(NCCc2ccn(CCCOC)n2)nc2c(CC)c(C)nn2c1N. The molecule has 0 radical (unpaired) electrons. The Morgan fingerprint density at radius 1 is 1.36 bits per heavy atom. The Balaban J connectivity index is 1.73. The smallest absolute Gasteiger partial charge is 0.268 e. The first-order valence-corrected chi connectivity index (χ1v) is 9.39. The van der Waals surface area contributed by atoms with Crippen molar-refractivity contribution in [2.75, 3.05) is 31.3 Å². The van der Waals surface area contributed by atoms with E-state index in [9.17, 15) is 0 Å². The maximum atomic E-state index is 7.49. The van der Waals surface area contributed by atoms with Crippen LogP contribution in [0, 0.1) is 13.5 Å². The maximum absolute atomic E-state index is 7.49. The molecule has 0 saturated carbocycles. The number of aromatic nitrogens is 5. The van der Waals surface area contributed by atoms with Crippen LogP contribution in [0.1, 0.15) is 30.3 Å². The van der Waals surface area contributed by atoms with E-state index in [1.165, 1.54) is 0 Å². The second-order valence-electron chi connectivity index (χ2n) is 6.55. The van der Waals surface area contributed by atoms with Gasteiger partial charge in [0, 0.05) is 45.0 Å². The van der Waals surface area contributed by atoms with Gasteiger partial charge in [0.1, 0.15) is 11.6 Å². The number of nitrogen functional groups attached to an aromatic ring is 1. The van der Waals surface area contributed by atoms with E-state index in [0.29, 0.717) is 29.5 Å². The van der Waals surface area contributed by atoms with Crippen molar-refractivity contribution in [2.24, 2.45) is 0 Å². The molecule has 0 aliphatic heterocycles. The Kier molecular flexibility index (Phi) is 6.11. The van der Waals surface area contributed by atoms with Crippen molar-refractivity contribution in [2.45, 2.75) is 39.7 Å². The minimum absolute atomic E-state index is 0.294. The van der Waals surface area contributed by atoms with Crippen LogP contribution in [0.25, 0.3) is 10.5 Å². The summed E-state index contributed by atoms with van der Waals surface area (Å²) in [5.74, 6) is 0.807. The third-order valence-corrected chi connectivity index (χ3v) is 4.64. The van der Waals surface area contributed by atoms with Gasteiger partial charge in [-0.2, -0.15) is 10.2 Å². The van der Waals surface area contributed by atoms with Crippen LogP contribution in [0.15, 0.2) is 12.3 Å². The third kappa shape index (κ3) is 3.92. The molecule has 9 heteroatoms. The summed E-state index contributed by atoms with van der Waals surface area (Å²) in [7, 11) is 1.70. The van der Waals surface area contributed by atoms with Crippen LogP contribution in [0.2, 0.25) is 0 Å². The van der Waals surface area contributed by atoms with Crippen LogP contribution in [0.4, 0.5) is 17.3 Å². The Morgan fingerprint density at radius 3 is 2.89 bits per heavy atom. The zero-order chi connectivity index (χ0) is 20.1. The fraction of sp³-hybridized carbons (Fsp3) is 0.474. The molecule has 148 valence electrons. The standard InChI is InChI=1S/C19H26N8O/c1-5-15-13(2)24-27-17(20)16(21-3)18(23-19(15)27)22-9-7-14-8-11-26(25-14)10-6-12-28-4/h8,11H,5-7,9-10,12,20H2,1-2,4H3,(H,22,23). The second kappa shape index (κ2) is 8.71. The molecule has 3 rings (SSSR count). The van der Waals surface area contributed by atoms with Crippen molar-refractivity contribution in [3.05, 3.63) is 40.6 Å². The fourth-order valence-electron chi connectivity index (χ4n) is 3.20. The number of anilines is 2. The second-order valence-corrected chi connectivity index (χ2v) is 6.55. The number of nitrogens with two attached hydrogens (primary N) is 1. The average molecular weight is 382 g/mol. The van der Waals surface area contributed by atoms with Gasteiger partial charge in [-0.05, 0) is 25.8 Å². The van der Waals surface area contributed by atoms with Gasteiger partial charge in [0.15, 0.2) is 5.65 Å². The van der Waals surface area contributed by atoms with Gasteiger partial charge in [0.2, 0.25) is 0 Å². The largest absolute Gasteiger partial charge is 0.392 e. The molecule has 0 fully saturated rings. The van der Waals surface area contributed by atoms with Gasteiger partial charge in [-0.25, -0.2) is 14.3 Å². The van der Waals surface area contributed by atoms with E-state index in [1.54, 1.807) is 11.6 Å². The molecule has 0 aliphatic carbocycles. The summed E-state index contributed by atoms with van der Waals surface area (Å²) in [5.41, 5.74) is 10.1. The van der Waals surface area contributed by atoms with Gasteiger partial charge in [-0.15, -0.1) is 0 Å². The lowest BCUT2D eigenvalue weighted by atomic mass is 10.2. The average Bonchev–Trinajstić information content (AvgIpc) is 3.26. The quantitative estimate of drug-likeness (QED) is 0.436. The number of nitrogens with one attached hydrogen (secondary N) is 1. The number of ether oxygens (including phenoxy) is 1. The molecule has 0 amide bonds.